The Labute approximate surface area is 95.9 Å². The molecule has 0 saturated heterocycles. The molecule has 0 aromatic heterocycles. The highest BCUT2D eigenvalue weighted by atomic mass is 32.2. The molecule has 16 heavy (non-hydrogen) atoms. The molecule has 0 radical (unpaired) electrons. The predicted octanol–water partition coefficient (Wildman–Crippen LogP) is 1.09. The Balaban J connectivity index is 2.13. The minimum Gasteiger partial charge on any atom is -0.325 e. The molecule has 3 N–H and O–H groups in total. The van der Waals surface area contributed by atoms with Crippen molar-refractivity contribution in [2.45, 2.75) is 24.8 Å². The van der Waals surface area contributed by atoms with Crippen molar-refractivity contribution in [1.82, 2.24) is 0 Å². The van der Waals surface area contributed by atoms with E-state index in [2.05, 4.69) is 4.72 Å². The topological polar surface area (TPSA) is 72.2 Å². The van der Waals surface area contributed by atoms with Crippen molar-refractivity contribution in [2.75, 3.05) is 11.0 Å². The molecule has 0 unspecified atom stereocenters. The Bertz CT molecular complexity index is 492. The molecule has 1 fully saturated rings. The van der Waals surface area contributed by atoms with Crippen LogP contribution in [0.25, 0.3) is 0 Å². The van der Waals surface area contributed by atoms with Crippen molar-refractivity contribution < 1.29 is 8.42 Å². The fourth-order valence-electron chi connectivity index (χ4n) is 1.70. The zero-order valence-corrected chi connectivity index (χ0v) is 10.0. The molecule has 5 heteroatoms. The lowest BCUT2D eigenvalue weighted by Gasteiger charge is -2.10. The normalized spacial score (nSPS) is 18.1. The molecule has 0 heterocycles. The van der Waals surface area contributed by atoms with Crippen LogP contribution in [0.1, 0.15) is 18.4 Å². The monoisotopic (exact) mass is 240 g/mol. The maximum atomic E-state index is 11.1. The zero-order chi connectivity index (χ0) is 11.8. The van der Waals surface area contributed by atoms with Gasteiger partial charge in [0.1, 0.15) is 0 Å². The first kappa shape index (κ1) is 11.4. The standard InChI is InChI=1S/C11H16N2O2S/c1-16(14,15)13-10-4-2-3-9(7-10)8-11(12)5-6-11/h2-4,7,13H,5-6,8,12H2,1H3. The minimum atomic E-state index is -3.20. The summed E-state index contributed by atoms with van der Waals surface area (Å²) in [6, 6.07) is 7.39. The Hall–Kier alpha value is -1.07. The van der Waals surface area contributed by atoms with Gasteiger partial charge in [0.25, 0.3) is 0 Å². The van der Waals surface area contributed by atoms with Gasteiger partial charge in [0.05, 0.1) is 6.26 Å². The number of sulfonamides is 1. The maximum Gasteiger partial charge on any atom is 0.229 e. The van der Waals surface area contributed by atoms with Crippen molar-refractivity contribution in [1.29, 1.82) is 0 Å². The highest BCUT2D eigenvalue weighted by Gasteiger charge is 2.37. The van der Waals surface area contributed by atoms with E-state index in [1.165, 1.54) is 0 Å². The third-order valence-corrected chi connectivity index (χ3v) is 3.29. The second-order valence-corrected chi connectivity index (χ2v) is 6.36. The van der Waals surface area contributed by atoms with Crippen LogP contribution in [0.2, 0.25) is 0 Å². The first-order chi connectivity index (χ1) is 7.36. The van der Waals surface area contributed by atoms with Gasteiger partial charge in [0.2, 0.25) is 10.0 Å². The summed E-state index contributed by atoms with van der Waals surface area (Å²) in [7, 11) is -3.20. The van der Waals surface area contributed by atoms with E-state index in [1.807, 2.05) is 18.2 Å². The van der Waals surface area contributed by atoms with Crippen LogP contribution >= 0.6 is 0 Å². The van der Waals surface area contributed by atoms with Crippen molar-refractivity contribution >= 4 is 15.7 Å². The summed E-state index contributed by atoms with van der Waals surface area (Å²) < 4.78 is 24.6. The summed E-state index contributed by atoms with van der Waals surface area (Å²) in [5.74, 6) is 0. The number of benzene rings is 1. The molecule has 88 valence electrons. The van der Waals surface area contributed by atoms with Gasteiger partial charge in [-0.05, 0) is 37.0 Å². The number of nitrogens with one attached hydrogen (secondary N) is 1. The van der Waals surface area contributed by atoms with Gasteiger partial charge in [0.15, 0.2) is 0 Å². The lowest BCUT2D eigenvalue weighted by molar-refractivity contribution is 0.607. The van der Waals surface area contributed by atoms with E-state index in [1.54, 1.807) is 6.07 Å². The summed E-state index contributed by atoms with van der Waals surface area (Å²) >= 11 is 0. The molecular formula is C11H16N2O2S. The molecule has 0 atom stereocenters. The van der Waals surface area contributed by atoms with Crippen LogP contribution in [-0.4, -0.2) is 20.2 Å². The van der Waals surface area contributed by atoms with Crippen molar-refractivity contribution in [3.8, 4) is 0 Å². The van der Waals surface area contributed by atoms with Gasteiger partial charge in [-0.25, -0.2) is 8.42 Å². The average molecular weight is 240 g/mol. The number of anilines is 1. The van der Waals surface area contributed by atoms with Gasteiger partial charge in [-0.15, -0.1) is 0 Å². The highest BCUT2D eigenvalue weighted by molar-refractivity contribution is 7.92. The summed E-state index contributed by atoms with van der Waals surface area (Å²) in [6.07, 6.45) is 4.06. The van der Waals surface area contributed by atoms with E-state index in [9.17, 15) is 8.42 Å². The third kappa shape index (κ3) is 3.21. The summed E-state index contributed by atoms with van der Waals surface area (Å²) in [5.41, 5.74) is 7.64. The molecule has 0 aliphatic heterocycles. The van der Waals surface area contributed by atoms with Crippen LogP contribution in [0.4, 0.5) is 5.69 Å². The van der Waals surface area contributed by atoms with E-state index < -0.39 is 10.0 Å². The van der Waals surface area contributed by atoms with Crippen LogP contribution in [-0.2, 0) is 16.4 Å². The Kier molecular flexibility index (Phi) is 2.67. The molecule has 0 spiro atoms. The van der Waals surface area contributed by atoms with E-state index in [4.69, 9.17) is 5.73 Å². The third-order valence-electron chi connectivity index (χ3n) is 2.68. The Morgan fingerprint density at radius 3 is 2.69 bits per heavy atom. The largest absolute Gasteiger partial charge is 0.325 e. The van der Waals surface area contributed by atoms with E-state index in [0.29, 0.717) is 5.69 Å². The second kappa shape index (κ2) is 3.75. The molecule has 1 aliphatic carbocycles. The SMILES string of the molecule is CS(=O)(=O)Nc1cccc(CC2(N)CC2)c1. The predicted molar refractivity (Wildman–Crippen MR) is 64.8 cm³/mol. The molecule has 0 amide bonds. The van der Waals surface area contributed by atoms with Gasteiger partial charge in [-0.2, -0.15) is 0 Å². The second-order valence-electron chi connectivity index (χ2n) is 4.61. The fourth-order valence-corrected chi connectivity index (χ4v) is 2.26. The van der Waals surface area contributed by atoms with Crippen LogP contribution in [0.5, 0.6) is 0 Å². The van der Waals surface area contributed by atoms with Gasteiger partial charge in [0, 0.05) is 11.2 Å². The van der Waals surface area contributed by atoms with E-state index in [0.717, 1.165) is 31.1 Å². The van der Waals surface area contributed by atoms with Crippen LogP contribution in [0.3, 0.4) is 0 Å². The lowest BCUT2D eigenvalue weighted by Crippen LogP contribution is -2.24. The van der Waals surface area contributed by atoms with Crippen molar-refractivity contribution in [3.05, 3.63) is 29.8 Å². The smallest absolute Gasteiger partial charge is 0.229 e. The quantitative estimate of drug-likeness (QED) is 0.827. The average Bonchev–Trinajstić information content (AvgIpc) is 2.80. The number of hydrogen-bond donors (Lipinski definition) is 2. The molecule has 1 saturated carbocycles. The Morgan fingerprint density at radius 2 is 2.12 bits per heavy atom. The fraction of sp³-hybridized carbons (Fsp3) is 0.455. The molecule has 1 aromatic carbocycles. The molecule has 2 rings (SSSR count). The molecule has 4 nitrogen and oxygen atoms in total. The maximum absolute atomic E-state index is 11.1. The van der Waals surface area contributed by atoms with Gasteiger partial charge in [-0.3, -0.25) is 4.72 Å². The van der Waals surface area contributed by atoms with Gasteiger partial charge < -0.3 is 5.73 Å². The number of rotatable bonds is 4. The zero-order valence-electron chi connectivity index (χ0n) is 9.23. The first-order valence-corrected chi connectivity index (χ1v) is 7.11. The minimum absolute atomic E-state index is 0.0519. The Morgan fingerprint density at radius 1 is 1.44 bits per heavy atom. The first-order valence-electron chi connectivity index (χ1n) is 5.22. The summed E-state index contributed by atoms with van der Waals surface area (Å²) in [4.78, 5) is 0. The van der Waals surface area contributed by atoms with E-state index in [-0.39, 0.29) is 5.54 Å². The molecule has 1 aliphatic rings. The molecular weight excluding hydrogens is 224 g/mol. The van der Waals surface area contributed by atoms with Crippen LogP contribution in [0.15, 0.2) is 24.3 Å². The number of hydrogen-bond acceptors (Lipinski definition) is 3. The van der Waals surface area contributed by atoms with Crippen molar-refractivity contribution in [2.24, 2.45) is 5.73 Å². The summed E-state index contributed by atoms with van der Waals surface area (Å²) in [6.45, 7) is 0. The van der Waals surface area contributed by atoms with Gasteiger partial charge >= 0.3 is 0 Å². The lowest BCUT2D eigenvalue weighted by atomic mass is 10.0. The van der Waals surface area contributed by atoms with Crippen molar-refractivity contribution in [3.63, 3.8) is 0 Å². The molecule has 0 bridgehead atoms. The highest BCUT2D eigenvalue weighted by Crippen LogP contribution is 2.35. The molecule has 1 aromatic rings. The van der Waals surface area contributed by atoms with Gasteiger partial charge in [-0.1, -0.05) is 12.1 Å². The summed E-state index contributed by atoms with van der Waals surface area (Å²) in [5, 5.41) is 0. The van der Waals surface area contributed by atoms with E-state index >= 15 is 0 Å². The van der Waals surface area contributed by atoms with Crippen LogP contribution in [0, 0.1) is 0 Å². The van der Waals surface area contributed by atoms with Crippen LogP contribution < -0.4 is 10.5 Å². The number of nitrogens with two attached hydrogens (primary N) is 1.